The summed E-state index contributed by atoms with van der Waals surface area (Å²) >= 11 is 7.14. The fraction of sp³-hybridized carbons (Fsp3) is 0.483. The Kier molecular flexibility index (Phi) is 9.85. The molecule has 3 aromatic rings. The minimum Gasteiger partial charge on any atom is -0.366 e. The molecule has 0 aliphatic heterocycles. The summed E-state index contributed by atoms with van der Waals surface area (Å²) in [6.45, 7) is 16.1. The van der Waals surface area contributed by atoms with Gasteiger partial charge in [-0.3, -0.25) is 4.98 Å². The third kappa shape index (κ3) is 6.83. The van der Waals surface area contributed by atoms with Crippen molar-refractivity contribution in [2.45, 2.75) is 65.8 Å². The average molecular weight is 524 g/mol. The van der Waals surface area contributed by atoms with Crippen LogP contribution in [0, 0.1) is 0 Å². The Morgan fingerprint density at radius 1 is 1.03 bits per heavy atom. The molecule has 194 valence electrons. The number of anilines is 1. The summed E-state index contributed by atoms with van der Waals surface area (Å²) in [5.74, 6) is 1.34. The van der Waals surface area contributed by atoms with Gasteiger partial charge in [-0.1, -0.05) is 59.7 Å². The Bertz CT molecular complexity index is 1110. The normalized spacial score (nSPS) is 11.4. The summed E-state index contributed by atoms with van der Waals surface area (Å²) in [7, 11) is 3.89. The smallest absolute Gasteiger partial charge is 0.186 e. The molecule has 0 saturated carbocycles. The van der Waals surface area contributed by atoms with Crippen LogP contribution in [0.2, 0.25) is 0 Å². The first-order valence-corrected chi connectivity index (χ1v) is 14.1. The van der Waals surface area contributed by atoms with Crippen LogP contribution in [0.5, 0.6) is 0 Å². The second kappa shape index (κ2) is 12.6. The standard InChI is InChI=1S/C29H41N5S2/c1-19(2)23-14-24(20(3)4)27(25(15-23)21(5)6)26-18-36-29(32-26)34(13-12-33(8)28(35)30-7)17-22-10-9-11-31-16-22/h9-11,14-16,18-21H,12-13,17H2,1-8H3,(H,30,35). The van der Waals surface area contributed by atoms with Gasteiger partial charge >= 0.3 is 0 Å². The second-order valence-corrected chi connectivity index (χ2v) is 11.5. The van der Waals surface area contributed by atoms with E-state index in [2.05, 4.69) is 85.2 Å². The first-order valence-electron chi connectivity index (χ1n) is 12.8. The molecule has 0 unspecified atom stereocenters. The Morgan fingerprint density at radius 3 is 2.22 bits per heavy atom. The quantitative estimate of drug-likeness (QED) is 0.288. The highest BCUT2D eigenvalue weighted by atomic mass is 32.1. The molecule has 0 radical (unpaired) electrons. The number of rotatable bonds is 10. The summed E-state index contributed by atoms with van der Waals surface area (Å²) in [6.07, 6.45) is 3.75. The number of hydrogen-bond donors (Lipinski definition) is 1. The van der Waals surface area contributed by atoms with E-state index in [1.54, 1.807) is 11.3 Å². The van der Waals surface area contributed by atoms with E-state index in [1.165, 1.54) is 27.8 Å². The lowest BCUT2D eigenvalue weighted by molar-refractivity contribution is 0.497. The van der Waals surface area contributed by atoms with E-state index in [-0.39, 0.29) is 0 Å². The van der Waals surface area contributed by atoms with Gasteiger partial charge in [0.05, 0.1) is 5.69 Å². The van der Waals surface area contributed by atoms with Gasteiger partial charge in [0.15, 0.2) is 10.2 Å². The number of pyridine rings is 1. The van der Waals surface area contributed by atoms with E-state index in [1.807, 2.05) is 32.6 Å². The predicted molar refractivity (Wildman–Crippen MR) is 159 cm³/mol. The van der Waals surface area contributed by atoms with Gasteiger partial charge in [-0.15, -0.1) is 11.3 Å². The van der Waals surface area contributed by atoms with Crippen LogP contribution < -0.4 is 10.2 Å². The van der Waals surface area contributed by atoms with Gasteiger partial charge in [0.2, 0.25) is 0 Å². The van der Waals surface area contributed by atoms with E-state index in [9.17, 15) is 0 Å². The highest BCUT2D eigenvalue weighted by Crippen LogP contribution is 2.40. The molecule has 0 aliphatic carbocycles. The zero-order chi connectivity index (χ0) is 26.4. The zero-order valence-corrected chi connectivity index (χ0v) is 24.6. The Labute approximate surface area is 227 Å². The van der Waals surface area contributed by atoms with Crippen LogP contribution in [0.4, 0.5) is 5.13 Å². The number of benzene rings is 1. The third-order valence-corrected chi connectivity index (χ3v) is 7.93. The number of thiazole rings is 1. The van der Waals surface area contributed by atoms with Crippen LogP contribution in [-0.4, -0.2) is 47.2 Å². The first-order chi connectivity index (χ1) is 17.1. The lowest BCUT2D eigenvalue weighted by Gasteiger charge is -2.26. The summed E-state index contributed by atoms with van der Waals surface area (Å²) in [5.41, 5.74) is 7.73. The fourth-order valence-electron chi connectivity index (χ4n) is 4.29. The molecule has 1 N–H and O–H groups in total. The average Bonchev–Trinajstić information content (AvgIpc) is 3.35. The fourth-order valence-corrected chi connectivity index (χ4v) is 5.23. The Hall–Kier alpha value is -2.51. The van der Waals surface area contributed by atoms with E-state index < -0.39 is 0 Å². The summed E-state index contributed by atoms with van der Waals surface area (Å²) in [6, 6.07) is 8.91. The number of aromatic nitrogens is 2. The SMILES string of the molecule is CNC(=S)N(C)CCN(Cc1cccnc1)c1nc(-c2c(C(C)C)cc(C(C)C)cc2C(C)C)cs1. The minimum atomic E-state index is 0.420. The van der Waals surface area contributed by atoms with Crippen LogP contribution in [0.3, 0.4) is 0 Å². The summed E-state index contributed by atoms with van der Waals surface area (Å²) < 4.78 is 0. The van der Waals surface area contributed by atoms with Gasteiger partial charge in [0, 0.05) is 57.1 Å². The van der Waals surface area contributed by atoms with Crippen molar-refractivity contribution in [3.63, 3.8) is 0 Å². The maximum Gasteiger partial charge on any atom is 0.186 e. The van der Waals surface area contributed by atoms with Crippen molar-refractivity contribution >= 4 is 33.8 Å². The van der Waals surface area contributed by atoms with Crippen molar-refractivity contribution in [2.24, 2.45) is 0 Å². The van der Waals surface area contributed by atoms with E-state index in [0.29, 0.717) is 17.8 Å². The van der Waals surface area contributed by atoms with Gasteiger partial charge < -0.3 is 15.1 Å². The number of nitrogens with one attached hydrogen (secondary N) is 1. The third-order valence-electron chi connectivity index (χ3n) is 6.51. The molecular weight excluding hydrogens is 482 g/mol. The molecule has 7 heteroatoms. The highest BCUT2D eigenvalue weighted by Gasteiger charge is 2.22. The van der Waals surface area contributed by atoms with E-state index in [4.69, 9.17) is 17.2 Å². The highest BCUT2D eigenvalue weighted by molar-refractivity contribution is 7.80. The van der Waals surface area contributed by atoms with Gasteiger partial charge in [-0.2, -0.15) is 0 Å². The van der Waals surface area contributed by atoms with Crippen molar-refractivity contribution < 1.29 is 0 Å². The number of thiocarbonyl (C=S) groups is 1. The Balaban J connectivity index is 2.02. The molecule has 2 heterocycles. The molecule has 0 amide bonds. The number of nitrogens with zero attached hydrogens (tertiary/aromatic N) is 4. The van der Waals surface area contributed by atoms with Crippen LogP contribution >= 0.6 is 23.6 Å². The van der Waals surface area contributed by atoms with E-state index in [0.717, 1.165) is 35.6 Å². The topological polar surface area (TPSA) is 44.3 Å². The van der Waals surface area contributed by atoms with Gasteiger partial charge in [-0.25, -0.2) is 4.98 Å². The number of likely N-dealkylation sites (N-methyl/N-ethyl adjacent to an activating group) is 1. The van der Waals surface area contributed by atoms with Crippen LogP contribution in [0.25, 0.3) is 11.3 Å². The lowest BCUT2D eigenvalue weighted by atomic mass is 9.83. The molecule has 36 heavy (non-hydrogen) atoms. The molecular formula is C29H41N5S2. The zero-order valence-electron chi connectivity index (χ0n) is 23.0. The molecule has 0 bridgehead atoms. The van der Waals surface area contributed by atoms with Crippen LogP contribution in [-0.2, 0) is 6.54 Å². The predicted octanol–water partition coefficient (Wildman–Crippen LogP) is 7.02. The summed E-state index contributed by atoms with van der Waals surface area (Å²) in [5, 5.41) is 7.06. The first kappa shape index (κ1) is 28.1. The molecule has 0 saturated heterocycles. The second-order valence-electron chi connectivity index (χ2n) is 10.3. The molecule has 1 aromatic carbocycles. The van der Waals surface area contributed by atoms with Gasteiger partial charge in [0.25, 0.3) is 0 Å². The Morgan fingerprint density at radius 2 is 1.69 bits per heavy atom. The monoisotopic (exact) mass is 523 g/mol. The molecule has 3 rings (SSSR count). The van der Waals surface area contributed by atoms with Gasteiger partial charge in [0.1, 0.15) is 0 Å². The van der Waals surface area contributed by atoms with Crippen molar-refractivity contribution in [1.29, 1.82) is 0 Å². The molecule has 5 nitrogen and oxygen atoms in total. The largest absolute Gasteiger partial charge is 0.366 e. The van der Waals surface area contributed by atoms with Crippen molar-refractivity contribution in [3.05, 3.63) is 64.3 Å². The lowest BCUT2D eigenvalue weighted by Crippen LogP contribution is -2.40. The maximum atomic E-state index is 5.42. The molecule has 0 atom stereocenters. The van der Waals surface area contributed by atoms with Crippen molar-refractivity contribution in [1.82, 2.24) is 20.2 Å². The molecule has 0 fully saturated rings. The van der Waals surface area contributed by atoms with Crippen molar-refractivity contribution in [3.8, 4) is 11.3 Å². The van der Waals surface area contributed by atoms with Gasteiger partial charge in [-0.05, 0) is 58.3 Å². The maximum absolute atomic E-state index is 5.42. The minimum absolute atomic E-state index is 0.420. The van der Waals surface area contributed by atoms with Crippen LogP contribution in [0.1, 0.15) is 81.5 Å². The van der Waals surface area contributed by atoms with E-state index >= 15 is 0 Å². The molecule has 2 aromatic heterocycles. The number of hydrogen-bond acceptors (Lipinski definition) is 5. The van der Waals surface area contributed by atoms with Crippen LogP contribution in [0.15, 0.2) is 42.0 Å². The molecule has 0 aliphatic rings. The van der Waals surface area contributed by atoms with Crippen molar-refractivity contribution in [2.75, 3.05) is 32.1 Å². The molecule has 0 spiro atoms. The summed E-state index contributed by atoms with van der Waals surface area (Å²) in [4.78, 5) is 14.0.